The lowest BCUT2D eigenvalue weighted by Gasteiger charge is -2.14. The van der Waals surface area contributed by atoms with Crippen LogP contribution in [0.1, 0.15) is 13.3 Å². The van der Waals surface area contributed by atoms with Crippen LogP contribution in [0.25, 0.3) is 0 Å². The van der Waals surface area contributed by atoms with Crippen molar-refractivity contribution in [3.8, 4) is 0 Å². The average molecular weight is 220 g/mol. The molecule has 0 aromatic heterocycles. The zero-order valence-electron chi connectivity index (χ0n) is 7.28. The molecule has 84 valence electrons. The first kappa shape index (κ1) is 13.1. The zero-order chi connectivity index (χ0) is 11.4. The van der Waals surface area contributed by atoms with Gasteiger partial charge in [-0.05, 0) is 6.92 Å². The summed E-state index contributed by atoms with van der Waals surface area (Å²) in [6.45, 7) is -0.706. The topological polar surface area (TPSA) is 26.3 Å². The third-order valence-electron chi connectivity index (χ3n) is 1.19. The number of ether oxygens (including phenoxy) is 1. The average Bonchev–Trinajstić information content (AvgIpc) is 1.99. The van der Waals surface area contributed by atoms with E-state index in [0.717, 1.165) is 6.92 Å². The molecule has 0 heterocycles. The number of carbonyl (C=O) groups is 1. The van der Waals surface area contributed by atoms with Gasteiger partial charge in [0.15, 0.2) is 6.61 Å². The summed E-state index contributed by atoms with van der Waals surface area (Å²) in [6, 6.07) is 0. The maximum atomic E-state index is 12.1. The van der Waals surface area contributed by atoms with E-state index in [-0.39, 0.29) is 0 Å². The molecule has 0 aromatic carbocycles. The van der Waals surface area contributed by atoms with Crippen LogP contribution in [-0.4, -0.2) is 31.1 Å². The summed E-state index contributed by atoms with van der Waals surface area (Å²) in [7, 11) is 0. The van der Waals surface area contributed by atoms with Crippen molar-refractivity contribution < 1.29 is 31.5 Å². The standard InChI is InChI=1S/C7H9F5O2/c1-4(8)2-5(13)14-3-7(11,12)6(9)10/h4,6H,2-3H2,1H3. The van der Waals surface area contributed by atoms with E-state index < -0.39 is 37.5 Å². The number of esters is 1. The molecule has 0 spiro atoms. The zero-order valence-corrected chi connectivity index (χ0v) is 7.28. The number of carbonyl (C=O) groups excluding carboxylic acids is 1. The van der Waals surface area contributed by atoms with E-state index >= 15 is 0 Å². The summed E-state index contributed by atoms with van der Waals surface area (Å²) in [5, 5.41) is 0. The number of hydrogen-bond acceptors (Lipinski definition) is 2. The predicted molar refractivity (Wildman–Crippen MR) is 37.1 cm³/mol. The molecule has 0 radical (unpaired) electrons. The molecule has 0 aliphatic heterocycles. The van der Waals surface area contributed by atoms with Crippen LogP contribution in [0.4, 0.5) is 22.0 Å². The van der Waals surface area contributed by atoms with Gasteiger partial charge in [0.05, 0.1) is 6.42 Å². The highest BCUT2D eigenvalue weighted by atomic mass is 19.3. The van der Waals surface area contributed by atoms with Crippen molar-refractivity contribution in [3.63, 3.8) is 0 Å². The second kappa shape index (κ2) is 5.11. The van der Waals surface area contributed by atoms with Crippen LogP contribution in [-0.2, 0) is 9.53 Å². The van der Waals surface area contributed by atoms with E-state index in [1.165, 1.54) is 0 Å². The lowest BCUT2D eigenvalue weighted by molar-refractivity contribution is -0.180. The summed E-state index contributed by atoms with van der Waals surface area (Å²) in [5.41, 5.74) is 0. The minimum absolute atomic E-state index is 0.723. The van der Waals surface area contributed by atoms with Crippen LogP contribution in [0.15, 0.2) is 0 Å². The largest absolute Gasteiger partial charge is 0.459 e. The highest BCUT2D eigenvalue weighted by molar-refractivity contribution is 5.69. The maximum Gasteiger partial charge on any atom is 0.340 e. The van der Waals surface area contributed by atoms with Crippen LogP contribution in [0.5, 0.6) is 0 Å². The van der Waals surface area contributed by atoms with Gasteiger partial charge in [-0.1, -0.05) is 0 Å². The Morgan fingerprint density at radius 1 is 1.36 bits per heavy atom. The third kappa shape index (κ3) is 4.98. The van der Waals surface area contributed by atoms with Gasteiger partial charge in [0.1, 0.15) is 6.17 Å². The lowest BCUT2D eigenvalue weighted by Crippen LogP contribution is -2.33. The molecule has 0 amide bonds. The highest BCUT2D eigenvalue weighted by Crippen LogP contribution is 2.23. The van der Waals surface area contributed by atoms with E-state index in [0.29, 0.717) is 0 Å². The van der Waals surface area contributed by atoms with E-state index in [9.17, 15) is 26.7 Å². The Hall–Kier alpha value is -0.880. The van der Waals surface area contributed by atoms with E-state index in [4.69, 9.17) is 0 Å². The smallest absolute Gasteiger partial charge is 0.340 e. The molecular weight excluding hydrogens is 211 g/mol. The fraction of sp³-hybridized carbons (Fsp3) is 0.857. The van der Waals surface area contributed by atoms with Gasteiger partial charge in [0.2, 0.25) is 0 Å². The first-order valence-corrected chi connectivity index (χ1v) is 3.71. The van der Waals surface area contributed by atoms with Gasteiger partial charge >= 0.3 is 18.3 Å². The second-order valence-electron chi connectivity index (χ2n) is 2.71. The molecule has 0 aromatic rings. The number of rotatable bonds is 5. The van der Waals surface area contributed by atoms with Gasteiger partial charge in [-0.15, -0.1) is 0 Å². The Labute approximate surface area is 77.0 Å². The molecule has 1 atom stereocenters. The van der Waals surface area contributed by atoms with Gasteiger partial charge in [-0.2, -0.15) is 8.78 Å². The molecule has 0 N–H and O–H groups in total. The normalized spacial score (nSPS) is 14.2. The second-order valence-corrected chi connectivity index (χ2v) is 2.71. The first-order valence-electron chi connectivity index (χ1n) is 3.71. The van der Waals surface area contributed by atoms with Crippen LogP contribution in [0.2, 0.25) is 0 Å². The van der Waals surface area contributed by atoms with E-state index in [1.807, 2.05) is 0 Å². The number of halogens is 5. The van der Waals surface area contributed by atoms with Crippen molar-refractivity contribution in [2.75, 3.05) is 6.61 Å². The van der Waals surface area contributed by atoms with Gasteiger partial charge in [0, 0.05) is 0 Å². The fourth-order valence-electron chi connectivity index (χ4n) is 0.528. The molecule has 0 bridgehead atoms. The number of alkyl halides is 5. The SMILES string of the molecule is CC(F)CC(=O)OCC(F)(F)C(F)F. The molecule has 1 unspecified atom stereocenters. The van der Waals surface area contributed by atoms with E-state index in [1.54, 1.807) is 0 Å². The molecule has 7 heteroatoms. The van der Waals surface area contributed by atoms with Gasteiger partial charge in [-0.25, -0.2) is 13.2 Å². The molecule has 0 saturated carbocycles. The lowest BCUT2D eigenvalue weighted by atomic mass is 10.3. The highest BCUT2D eigenvalue weighted by Gasteiger charge is 2.42. The first-order chi connectivity index (χ1) is 6.25. The number of hydrogen-bond donors (Lipinski definition) is 0. The molecule has 0 rings (SSSR count). The Bertz CT molecular complexity index is 193. The summed E-state index contributed by atoms with van der Waals surface area (Å²) < 4.78 is 63.1. The van der Waals surface area contributed by atoms with Crippen LogP contribution < -0.4 is 0 Å². The Kier molecular flexibility index (Phi) is 4.79. The minimum Gasteiger partial charge on any atom is -0.459 e. The van der Waals surface area contributed by atoms with Crippen molar-refractivity contribution >= 4 is 5.97 Å². The predicted octanol–water partition coefficient (Wildman–Crippen LogP) is 2.18. The summed E-state index contributed by atoms with van der Waals surface area (Å²) in [6.07, 6.45) is -6.18. The molecule has 0 fully saturated rings. The quantitative estimate of drug-likeness (QED) is 0.524. The van der Waals surface area contributed by atoms with Gasteiger partial charge in [0.25, 0.3) is 0 Å². The molecule has 0 aliphatic carbocycles. The molecule has 0 aliphatic rings. The summed E-state index contributed by atoms with van der Waals surface area (Å²) in [5.74, 6) is -5.64. The molecule has 0 saturated heterocycles. The van der Waals surface area contributed by atoms with Crippen molar-refractivity contribution in [1.29, 1.82) is 0 Å². The van der Waals surface area contributed by atoms with E-state index in [2.05, 4.69) is 4.74 Å². The minimum atomic E-state index is -4.38. The van der Waals surface area contributed by atoms with Gasteiger partial charge in [-0.3, -0.25) is 4.79 Å². The maximum absolute atomic E-state index is 12.1. The summed E-state index contributed by atoms with van der Waals surface area (Å²) >= 11 is 0. The van der Waals surface area contributed by atoms with Crippen molar-refractivity contribution in [3.05, 3.63) is 0 Å². The fourth-order valence-corrected chi connectivity index (χ4v) is 0.528. The van der Waals surface area contributed by atoms with Crippen LogP contribution in [0, 0.1) is 0 Å². The summed E-state index contributed by atoms with van der Waals surface area (Å²) in [4.78, 5) is 10.5. The Morgan fingerprint density at radius 3 is 2.21 bits per heavy atom. The molecular formula is C7H9F5O2. The van der Waals surface area contributed by atoms with Crippen LogP contribution >= 0.6 is 0 Å². The Balaban J connectivity index is 3.88. The van der Waals surface area contributed by atoms with Crippen LogP contribution in [0.3, 0.4) is 0 Å². The van der Waals surface area contributed by atoms with Crippen molar-refractivity contribution in [1.82, 2.24) is 0 Å². The molecule has 14 heavy (non-hydrogen) atoms. The van der Waals surface area contributed by atoms with Gasteiger partial charge < -0.3 is 4.74 Å². The Morgan fingerprint density at radius 2 is 1.86 bits per heavy atom. The molecule has 2 nitrogen and oxygen atoms in total. The monoisotopic (exact) mass is 220 g/mol. The van der Waals surface area contributed by atoms with Crippen molar-refractivity contribution in [2.45, 2.75) is 31.9 Å². The van der Waals surface area contributed by atoms with Crippen molar-refractivity contribution in [2.24, 2.45) is 0 Å². The third-order valence-corrected chi connectivity index (χ3v) is 1.19.